The first-order valence-corrected chi connectivity index (χ1v) is 6.90. The van der Waals surface area contributed by atoms with Crippen LogP contribution in [0.5, 0.6) is 0 Å². The molecule has 2 saturated heterocycles. The van der Waals surface area contributed by atoms with Crippen molar-refractivity contribution in [2.75, 3.05) is 46.3 Å². The Morgan fingerprint density at radius 1 is 1.12 bits per heavy atom. The van der Waals surface area contributed by atoms with Crippen molar-refractivity contribution in [1.29, 1.82) is 0 Å². The Labute approximate surface area is 100 Å². The van der Waals surface area contributed by atoms with E-state index in [9.17, 15) is 0 Å². The molecule has 0 aromatic carbocycles. The van der Waals surface area contributed by atoms with Crippen molar-refractivity contribution in [1.82, 2.24) is 15.1 Å². The Bertz CT molecular complexity index is 201. The van der Waals surface area contributed by atoms with Crippen molar-refractivity contribution >= 4 is 0 Å². The molecule has 1 N–H and O–H groups in total. The number of likely N-dealkylation sites (tertiary alicyclic amines) is 2. The van der Waals surface area contributed by atoms with Crippen molar-refractivity contribution in [3.05, 3.63) is 0 Å². The fourth-order valence-corrected chi connectivity index (χ4v) is 3.14. The summed E-state index contributed by atoms with van der Waals surface area (Å²) in [5.74, 6) is 0.828. The Kier molecular flexibility index (Phi) is 4.62. The van der Waals surface area contributed by atoms with E-state index in [4.69, 9.17) is 0 Å². The molecule has 2 unspecified atom stereocenters. The molecule has 0 spiro atoms. The highest BCUT2D eigenvalue weighted by atomic mass is 15.2. The first kappa shape index (κ1) is 12.3. The van der Waals surface area contributed by atoms with Crippen LogP contribution in [0.25, 0.3) is 0 Å². The molecule has 2 fully saturated rings. The number of hydrogen-bond donors (Lipinski definition) is 1. The van der Waals surface area contributed by atoms with E-state index in [0.717, 1.165) is 12.0 Å². The maximum Gasteiger partial charge on any atom is 0.0204 e. The highest BCUT2D eigenvalue weighted by Gasteiger charge is 2.23. The fraction of sp³-hybridized carbons (Fsp3) is 1.00. The lowest BCUT2D eigenvalue weighted by molar-refractivity contribution is 0.223. The zero-order valence-electron chi connectivity index (χ0n) is 10.9. The van der Waals surface area contributed by atoms with Crippen molar-refractivity contribution in [2.45, 2.75) is 32.2 Å². The average molecular weight is 225 g/mol. The molecule has 0 bridgehead atoms. The summed E-state index contributed by atoms with van der Waals surface area (Å²) >= 11 is 0. The van der Waals surface area contributed by atoms with Gasteiger partial charge in [0.1, 0.15) is 0 Å². The van der Waals surface area contributed by atoms with E-state index in [1.807, 2.05) is 0 Å². The van der Waals surface area contributed by atoms with Crippen molar-refractivity contribution in [3.63, 3.8) is 0 Å². The summed E-state index contributed by atoms with van der Waals surface area (Å²) in [6.45, 7) is 10.2. The zero-order valence-corrected chi connectivity index (χ0v) is 10.9. The first-order valence-electron chi connectivity index (χ1n) is 6.90. The molecule has 0 saturated carbocycles. The SMILES string of the molecule is CNC1CCN(CC(C)CN2CCCC2)C1. The fourth-order valence-electron chi connectivity index (χ4n) is 3.14. The number of likely N-dealkylation sites (N-methyl/N-ethyl adjacent to an activating group) is 1. The molecule has 3 heteroatoms. The van der Waals surface area contributed by atoms with Gasteiger partial charge in [0.2, 0.25) is 0 Å². The molecule has 0 radical (unpaired) electrons. The molecule has 3 nitrogen and oxygen atoms in total. The van der Waals surface area contributed by atoms with Gasteiger partial charge in [0, 0.05) is 25.7 Å². The van der Waals surface area contributed by atoms with Crippen LogP contribution in [0.4, 0.5) is 0 Å². The van der Waals surface area contributed by atoms with Crippen LogP contribution in [0.1, 0.15) is 26.2 Å². The Morgan fingerprint density at radius 2 is 1.81 bits per heavy atom. The number of nitrogens with zero attached hydrogens (tertiary/aromatic N) is 2. The first-order chi connectivity index (χ1) is 7.78. The van der Waals surface area contributed by atoms with E-state index in [1.165, 1.54) is 58.5 Å². The maximum absolute atomic E-state index is 3.39. The summed E-state index contributed by atoms with van der Waals surface area (Å²) in [6, 6.07) is 0.735. The maximum atomic E-state index is 3.39. The molecule has 2 aliphatic rings. The average Bonchev–Trinajstić information content (AvgIpc) is 2.89. The van der Waals surface area contributed by atoms with E-state index < -0.39 is 0 Å². The molecule has 2 rings (SSSR count). The predicted molar refractivity (Wildman–Crippen MR) is 68.7 cm³/mol. The van der Waals surface area contributed by atoms with Crippen LogP contribution in [-0.4, -0.2) is 62.2 Å². The third-order valence-electron chi connectivity index (χ3n) is 4.02. The monoisotopic (exact) mass is 225 g/mol. The largest absolute Gasteiger partial charge is 0.316 e. The third kappa shape index (κ3) is 3.44. The summed E-state index contributed by atoms with van der Waals surface area (Å²) in [6.07, 6.45) is 4.16. The van der Waals surface area contributed by atoms with E-state index in [2.05, 4.69) is 29.1 Å². The van der Waals surface area contributed by atoms with Crippen LogP contribution in [0.15, 0.2) is 0 Å². The van der Waals surface area contributed by atoms with Gasteiger partial charge in [-0.25, -0.2) is 0 Å². The third-order valence-corrected chi connectivity index (χ3v) is 4.02. The van der Waals surface area contributed by atoms with Gasteiger partial charge in [0.05, 0.1) is 0 Å². The Hall–Kier alpha value is -0.120. The standard InChI is InChI=1S/C13H27N3/c1-12(9-15-6-3-4-7-15)10-16-8-5-13(11-16)14-2/h12-14H,3-11H2,1-2H3. The predicted octanol–water partition coefficient (Wildman–Crippen LogP) is 1.01. The minimum Gasteiger partial charge on any atom is -0.316 e. The molecule has 2 heterocycles. The van der Waals surface area contributed by atoms with Gasteiger partial charge in [-0.3, -0.25) is 0 Å². The second kappa shape index (κ2) is 5.99. The van der Waals surface area contributed by atoms with E-state index in [-0.39, 0.29) is 0 Å². The number of hydrogen-bond acceptors (Lipinski definition) is 3. The van der Waals surface area contributed by atoms with Gasteiger partial charge in [-0.1, -0.05) is 6.92 Å². The van der Waals surface area contributed by atoms with Gasteiger partial charge >= 0.3 is 0 Å². The lowest BCUT2D eigenvalue weighted by Crippen LogP contribution is -2.35. The summed E-state index contributed by atoms with van der Waals surface area (Å²) in [5, 5.41) is 3.39. The molecule has 94 valence electrons. The Balaban J connectivity index is 1.64. The Morgan fingerprint density at radius 3 is 2.44 bits per heavy atom. The minimum atomic E-state index is 0.735. The van der Waals surface area contributed by atoms with Crippen molar-refractivity contribution in [3.8, 4) is 0 Å². The highest BCUT2D eigenvalue weighted by Crippen LogP contribution is 2.14. The summed E-state index contributed by atoms with van der Waals surface area (Å²) in [7, 11) is 2.09. The van der Waals surface area contributed by atoms with Gasteiger partial charge in [0.15, 0.2) is 0 Å². The van der Waals surface area contributed by atoms with Gasteiger partial charge < -0.3 is 15.1 Å². The van der Waals surface area contributed by atoms with Crippen LogP contribution < -0.4 is 5.32 Å². The minimum absolute atomic E-state index is 0.735. The van der Waals surface area contributed by atoms with Crippen molar-refractivity contribution < 1.29 is 0 Å². The van der Waals surface area contributed by atoms with E-state index >= 15 is 0 Å². The van der Waals surface area contributed by atoms with Gasteiger partial charge in [-0.05, 0) is 51.9 Å². The smallest absolute Gasteiger partial charge is 0.0204 e. The second-order valence-electron chi connectivity index (χ2n) is 5.65. The molecule has 0 aromatic rings. The lowest BCUT2D eigenvalue weighted by Gasteiger charge is -2.24. The van der Waals surface area contributed by atoms with Crippen molar-refractivity contribution in [2.24, 2.45) is 5.92 Å². The molecule has 16 heavy (non-hydrogen) atoms. The zero-order chi connectivity index (χ0) is 11.4. The summed E-state index contributed by atoms with van der Waals surface area (Å²) in [4.78, 5) is 5.26. The van der Waals surface area contributed by atoms with Crippen LogP contribution in [0.2, 0.25) is 0 Å². The summed E-state index contributed by atoms with van der Waals surface area (Å²) in [5.41, 5.74) is 0. The van der Waals surface area contributed by atoms with Gasteiger partial charge in [0.25, 0.3) is 0 Å². The number of rotatable bonds is 5. The molecular weight excluding hydrogens is 198 g/mol. The van der Waals surface area contributed by atoms with Crippen LogP contribution in [0.3, 0.4) is 0 Å². The van der Waals surface area contributed by atoms with Gasteiger partial charge in [-0.2, -0.15) is 0 Å². The van der Waals surface area contributed by atoms with Crippen LogP contribution in [-0.2, 0) is 0 Å². The molecule has 0 aromatic heterocycles. The summed E-state index contributed by atoms with van der Waals surface area (Å²) < 4.78 is 0. The van der Waals surface area contributed by atoms with E-state index in [1.54, 1.807) is 0 Å². The molecule has 2 atom stereocenters. The molecule has 0 amide bonds. The number of nitrogens with one attached hydrogen (secondary N) is 1. The van der Waals surface area contributed by atoms with Gasteiger partial charge in [-0.15, -0.1) is 0 Å². The van der Waals surface area contributed by atoms with Crippen LogP contribution in [0, 0.1) is 5.92 Å². The van der Waals surface area contributed by atoms with Crippen LogP contribution >= 0.6 is 0 Å². The normalized spacial score (nSPS) is 30.0. The molecule has 0 aliphatic carbocycles. The molecular formula is C13H27N3. The quantitative estimate of drug-likeness (QED) is 0.753. The second-order valence-corrected chi connectivity index (χ2v) is 5.65. The lowest BCUT2D eigenvalue weighted by atomic mass is 10.1. The molecule has 2 aliphatic heterocycles. The topological polar surface area (TPSA) is 18.5 Å². The van der Waals surface area contributed by atoms with E-state index in [0.29, 0.717) is 0 Å². The highest BCUT2D eigenvalue weighted by molar-refractivity contribution is 4.81.